The van der Waals surface area contributed by atoms with Crippen molar-refractivity contribution in [3.05, 3.63) is 23.5 Å². The SMILES string of the molecule is CCN(CC)c1cc(C)c(N)cc1F. The predicted octanol–water partition coefficient (Wildman–Crippen LogP) is 2.56. The smallest absolute Gasteiger partial charge is 0.148 e. The fourth-order valence-corrected chi connectivity index (χ4v) is 1.49. The molecule has 0 amide bonds. The molecule has 0 atom stereocenters. The van der Waals surface area contributed by atoms with Crippen molar-refractivity contribution in [2.45, 2.75) is 20.8 Å². The first-order valence-electron chi connectivity index (χ1n) is 4.90. The van der Waals surface area contributed by atoms with Crippen molar-refractivity contribution in [3.8, 4) is 0 Å². The second kappa shape index (κ2) is 4.31. The zero-order chi connectivity index (χ0) is 10.7. The second-order valence-corrected chi connectivity index (χ2v) is 3.33. The van der Waals surface area contributed by atoms with E-state index in [1.165, 1.54) is 6.07 Å². The Morgan fingerprint density at radius 2 is 1.86 bits per heavy atom. The molecule has 0 aliphatic carbocycles. The third kappa shape index (κ3) is 1.97. The maximum Gasteiger partial charge on any atom is 0.148 e. The highest BCUT2D eigenvalue weighted by atomic mass is 19.1. The number of aryl methyl sites for hydroxylation is 1. The lowest BCUT2D eigenvalue weighted by Crippen LogP contribution is -2.23. The molecule has 0 saturated carbocycles. The van der Waals surface area contributed by atoms with Gasteiger partial charge in [0.1, 0.15) is 5.82 Å². The monoisotopic (exact) mass is 196 g/mol. The quantitative estimate of drug-likeness (QED) is 0.753. The summed E-state index contributed by atoms with van der Waals surface area (Å²) in [5.41, 5.74) is 7.69. The van der Waals surface area contributed by atoms with E-state index in [-0.39, 0.29) is 5.82 Å². The third-order valence-electron chi connectivity index (χ3n) is 2.44. The fraction of sp³-hybridized carbons (Fsp3) is 0.455. The van der Waals surface area contributed by atoms with Gasteiger partial charge in [-0.05, 0) is 38.5 Å². The lowest BCUT2D eigenvalue weighted by Gasteiger charge is -2.22. The van der Waals surface area contributed by atoms with Crippen LogP contribution in [0.3, 0.4) is 0 Å². The van der Waals surface area contributed by atoms with Crippen LogP contribution in [0, 0.1) is 12.7 Å². The normalized spacial score (nSPS) is 10.3. The van der Waals surface area contributed by atoms with Crippen molar-refractivity contribution in [3.63, 3.8) is 0 Å². The summed E-state index contributed by atoms with van der Waals surface area (Å²) in [5, 5.41) is 0. The molecule has 0 unspecified atom stereocenters. The molecule has 3 heteroatoms. The molecular formula is C11H17FN2. The summed E-state index contributed by atoms with van der Waals surface area (Å²) in [7, 11) is 0. The van der Waals surface area contributed by atoms with Crippen LogP contribution in [0.15, 0.2) is 12.1 Å². The Morgan fingerprint density at radius 3 is 2.36 bits per heavy atom. The van der Waals surface area contributed by atoms with Gasteiger partial charge in [-0.1, -0.05) is 0 Å². The van der Waals surface area contributed by atoms with E-state index in [9.17, 15) is 4.39 Å². The van der Waals surface area contributed by atoms with Crippen molar-refractivity contribution >= 4 is 11.4 Å². The van der Waals surface area contributed by atoms with Crippen molar-refractivity contribution in [1.82, 2.24) is 0 Å². The number of nitrogen functional groups attached to an aromatic ring is 1. The first-order valence-corrected chi connectivity index (χ1v) is 4.90. The highest BCUT2D eigenvalue weighted by Gasteiger charge is 2.09. The Labute approximate surface area is 84.5 Å². The molecule has 0 heterocycles. The van der Waals surface area contributed by atoms with Gasteiger partial charge >= 0.3 is 0 Å². The highest BCUT2D eigenvalue weighted by molar-refractivity contribution is 5.59. The summed E-state index contributed by atoms with van der Waals surface area (Å²) in [5.74, 6) is -0.239. The zero-order valence-corrected chi connectivity index (χ0v) is 8.97. The molecule has 2 nitrogen and oxygen atoms in total. The van der Waals surface area contributed by atoms with Crippen molar-refractivity contribution in [1.29, 1.82) is 0 Å². The minimum absolute atomic E-state index is 0.239. The van der Waals surface area contributed by atoms with Gasteiger partial charge < -0.3 is 10.6 Å². The van der Waals surface area contributed by atoms with Gasteiger partial charge in [-0.15, -0.1) is 0 Å². The molecule has 2 N–H and O–H groups in total. The van der Waals surface area contributed by atoms with Crippen molar-refractivity contribution in [2.24, 2.45) is 0 Å². The Morgan fingerprint density at radius 1 is 1.29 bits per heavy atom. The van der Waals surface area contributed by atoms with Gasteiger partial charge in [0.15, 0.2) is 0 Å². The molecule has 0 fully saturated rings. The maximum absolute atomic E-state index is 13.5. The summed E-state index contributed by atoms with van der Waals surface area (Å²) >= 11 is 0. The largest absolute Gasteiger partial charge is 0.398 e. The predicted molar refractivity (Wildman–Crippen MR) is 59.1 cm³/mol. The van der Waals surface area contributed by atoms with Gasteiger partial charge in [-0.25, -0.2) is 4.39 Å². The fourth-order valence-electron chi connectivity index (χ4n) is 1.49. The van der Waals surface area contributed by atoms with Gasteiger partial charge in [0.05, 0.1) is 5.69 Å². The topological polar surface area (TPSA) is 29.3 Å². The van der Waals surface area contributed by atoms with Crippen LogP contribution in [0.4, 0.5) is 15.8 Å². The van der Waals surface area contributed by atoms with E-state index in [1.807, 2.05) is 25.7 Å². The van der Waals surface area contributed by atoms with Crippen molar-refractivity contribution in [2.75, 3.05) is 23.7 Å². The van der Waals surface area contributed by atoms with Gasteiger partial charge in [0.25, 0.3) is 0 Å². The van der Waals surface area contributed by atoms with Crippen molar-refractivity contribution < 1.29 is 4.39 Å². The second-order valence-electron chi connectivity index (χ2n) is 3.33. The van der Waals surface area contributed by atoms with E-state index in [0.29, 0.717) is 11.4 Å². The van der Waals surface area contributed by atoms with Gasteiger partial charge in [-0.2, -0.15) is 0 Å². The Balaban J connectivity index is 3.14. The molecule has 0 spiro atoms. The number of anilines is 2. The van der Waals surface area contributed by atoms with Gasteiger partial charge in [0, 0.05) is 18.8 Å². The lowest BCUT2D eigenvalue weighted by molar-refractivity contribution is 0.620. The van der Waals surface area contributed by atoms with Crippen LogP contribution in [0.5, 0.6) is 0 Å². The minimum Gasteiger partial charge on any atom is -0.398 e. The Kier molecular flexibility index (Phi) is 3.33. The molecule has 0 saturated heterocycles. The molecule has 0 aliphatic rings. The van der Waals surface area contributed by atoms with Gasteiger partial charge in [-0.3, -0.25) is 0 Å². The van der Waals surface area contributed by atoms with E-state index >= 15 is 0 Å². The summed E-state index contributed by atoms with van der Waals surface area (Å²) in [6, 6.07) is 3.20. The summed E-state index contributed by atoms with van der Waals surface area (Å²) in [4.78, 5) is 1.97. The van der Waals surface area contributed by atoms with Crippen LogP contribution in [0.25, 0.3) is 0 Å². The molecule has 0 bridgehead atoms. The molecule has 78 valence electrons. The maximum atomic E-state index is 13.5. The summed E-state index contributed by atoms with van der Waals surface area (Å²) in [6.07, 6.45) is 0. The summed E-state index contributed by atoms with van der Waals surface area (Å²) in [6.45, 7) is 7.51. The molecule has 1 rings (SSSR count). The average molecular weight is 196 g/mol. The third-order valence-corrected chi connectivity index (χ3v) is 2.44. The van der Waals surface area contributed by atoms with E-state index in [2.05, 4.69) is 0 Å². The summed E-state index contributed by atoms with van der Waals surface area (Å²) < 4.78 is 13.5. The van der Waals surface area contributed by atoms with Crippen LogP contribution in [-0.4, -0.2) is 13.1 Å². The van der Waals surface area contributed by atoms with Crippen LogP contribution in [0.1, 0.15) is 19.4 Å². The standard InChI is InChI=1S/C11H17FN2/c1-4-14(5-2)11-6-8(3)10(13)7-9(11)12/h6-7H,4-5,13H2,1-3H3. The first-order chi connectivity index (χ1) is 6.60. The number of rotatable bonds is 3. The van der Waals surface area contributed by atoms with Crippen LogP contribution < -0.4 is 10.6 Å². The first kappa shape index (κ1) is 10.8. The number of nitrogens with zero attached hydrogens (tertiary/aromatic N) is 1. The van der Waals surface area contributed by atoms with Gasteiger partial charge in [0.2, 0.25) is 0 Å². The van der Waals surface area contributed by atoms with E-state index in [0.717, 1.165) is 18.7 Å². The number of halogens is 1. The lowest BCUT2D eigenvalue weighted by atomic mass is 10.1. The molecule has 0 aliphatic heterocycles. The van der Waals surface area contributed by atoms with Crippen LogP contribution in [-0.2, 0) is 0 Å². The Hall–Kier alpha value is -1.25. The Bertz CT molecular complexity index is 319. The minimum atomic E-state index is -0.239. The molecule has 1 aromatic rings. The highest BCUT2D eigenvalue weighted by Crippen LogP contribution is 2.24. The molecular weight excluding hydrogens is 179 g/mol. The molecule has 14 heavy (non-hydrogen) atoms. The zero-order valence-electron chi connectivity index (χ0n) is 8.97. The number of hydrogen-bond donors (Lipinski definition) is 1. The molecule has 1 aromatic carbocycles. The van der Waals surface area contributed by atoms with Crippen LogP contribution >= 0.6 is 0 Å². The number of nitrogens with two attached hydrogens (primary N) is 1. The van der Waals surface area contributed by atoms with E-state index in [4.69, 9.17) is 5.73 Å². The average Bonchev–Trinajstić information content (AvgIpc) is 2.15. The van der Waals surface area contributed by atoms with E-state index < -0.39 is 0 Å². The molecule has 0 aromatic heterocycles. The molecule has 0 radical (unpaired) electrons. The number of benzene rings is 1. The number of hydrogen-bond acceptors (Lipinski definition) is 2. The van der Waals surface area contributed by atoms with Crippen LogP contribution in [0.2, 0.25) is 0 Å². The van der Waals surface area contributed by atoms with E-state index in [1.54, 1.807) is 6.07 Å².